The van der Waals surface area contributed by atoms with Crippen molar-refractivity contribution in [1.82, 2.24) is 19.3 Å². The molecule has 9 nitrogen and oxygen atoms in total. The van der Waals surface area contributed by atoms with Crippen molar-refractivity contribution in [2.24, 2.45) is 0 Å². The second-order valence-electron chi connectivity index (χ2n) is 6.20. The Bertz CT molecular complexity index is 886. The lowest BCUT2D eigenvalue weighted by Gasteiger charge is -2.34. The van der Waals surface area contributed by atoms with Gasteiger partial charge in [0.1, 0.15) is 5.75 Å². The molecule has 0 atom stereocenters. The van der Waals surface area contributed by atoms with Crippen molar-refractivity contribution >= 4 is 15.9 Å². The number of rotatable bonds is 6. The summed E-state index contributed by atoms with van der Waals surface area (Å²) in [4.78, 5) is 18.3. The van der Waals surface area contributed by atoms with E-state index in [1.165, 1.54) is 23.5 Å². The van der Waals surface area contributed by atoms with Gasteiger partial charge in [0, 0.05) is 39.0 Å². The van der Waals surface area contributed by atoms with Crippen LogP contribution in [0.2, 0.25) is 0 Å². The summed E-state index contributed by atoms with van der Waals surface area (Å²) in [6.45, 7) is 2.96. The highest BCUT2D eigenvalue weighted by Crippen LogP contribution is 2.21. The van der Waals surface area contributed by atoms with Crippen LogP contribution in [0.25, 0.3) is 0 Å². The van der Waals surface area contributed by atoms with Crippen molar-refractivity contribution in [1.29, 1.82) is 0 Å². The molecular weight excluding hydrogens is 372 g/mol. The number of benzene rings is 1. The molecule has 0 unspecified atom stereocenters. The molecule has 0 bridgehead atoms. The highest BCUT2D eigenvalue weighted by atomic mass is 32.2. The van der Waals surface area contributed by atoms with Gasteiger partial charge >= 0.3 is 0 Å². The van der Waals surface area contributed by atoms with Crippen molar-refractivity contribution in [2.45, 2.75) is 24.7 Å². The second kappa shape index (κ2) is 8.05. The summed E-state index contributed by atoms with van der Waals surface area (Å²) in [6.07, 6.45) is 0.636. The van der Waals surface area contributed by atoms with E-state index in [1.54, 1.807) is 24.0 Å². The maximum Gasteiger partial charge on any atom is 0.243 e. The van der Waals surface area contributed by atoms with Gasteiger partial charge in [0.15, 0.2) is 5.82 Å². The predicted octanol–water partition coefficient (Wildman–Crippen LogP) is 0.852. The van der Waals surface area contributed by atoms with Crippen LogP contribution in [0.1, 0.15) is 18.1 Å². The lowest BCUT2D eigenvalue weighted by atomic mass is 10.2. The van der Waals surface area contributed by atoms with Gasteiger partial charge in [-0.3, -0.25) is 4.79 Å². The number of hydrogen-bond acceptors (Lipinski definition) is 7. The Morgan fingerprint density at radius 1 is 1.19 bits per heavy atom. The number of amides is 1. The van der Waals surface area contributed by atoms with E-state index in [-0.39, 0.29) is 30.3 Å². The Morgan fingerprint density at radius 3 is 2.41 bits per heavy atom. The first-order chi connectivity index (χ1) is 12.9. The van der Waals surface area contributed by atoms with E-state index >= 15 is 0 Å². The third kappa shape index (κ3) is 4.45. The largest absolute Gasteiger partial charge is 0.497 e. The zero-order valence-corrected chi connectivity index (χ0v) is 16.1. The molecule has 1 aliphatic rings. The van der Waals surface area contributed by atoms with Gasteiger partial charge in [-0.2, -0.15) is 9.29 Å². The summed E-state index contributed by atoms with van der Waals surface area (Å²) >= 11 is 0. The Labute approximate surface area is 158 Å². The monoisotopic (exact) mass is 394 g/mol. The number of nitrogens with zero attached hydrogens (tertiary/aromatic N) is 4. The molecule has 0 saturated carbocycles. The van der Waals surface area contributed by atoms with E-state index in [4.69, 9.17) is 9.26 Å². The molecule has 1 aromatic carbocycles. The fourth-order valence-corrected chi connectivity index (χ4v) is 4.31. The molecule has 1 fully saturated rings. The van der Waals surface area contributed by atoms with Gasteiger partial charge in [-0.05, 0) is 31.2 Å². The molecule has 2 heterocycles. The molecule has 1 saturated heterocycles. The summed E-state index contributed by atoms with van der Waals surface area (Å²) in [6, 6.07) is 6.29. The SMILES string of the molecule is COc1ccc(S(=O)(=O)N2CCN(C(=O)CCc3nc(C)no3)CC2)cc1. The quantitative estimate of drug-likeness (QED) is 0.715. The average molecular weight is 394 g/mol. The molecule has 2 aromatic rings. The van der Waals surface area contributed by atoms with Crippen molar-refractivity contribution in [3.63, 3.8) is 0 Å². The summed E-state index contributed by atoms with van der Waals surface area (Å²) in [5.74, 6) is 1.52. The summed E-state index contributed by atoms with van der Waals surface area (Å²) in [7, 11) is -2.05. The number of carbonyl (C=O) groups is 1. The lowest BCUT2D eigenvalue weighted by Crippen LogP contribution is -2.50. The van der Waals surface area contributed by atoms with Gasteiger partial charge in [0.25, 0.3) is 0 Å². The molecule has 0 aliphatic carbocycles. The van der Waals surface area contributed by atoms with Crippen molar-refractivity contribution in [3.8, 4) is 5.75 Å². The molecule has 1 amide bonds. The number of piperazine rings is 1. The van der Waals surface area contributed by atoms with Gasteiger partial charge in [-0.15, -0.1) is 0 Å². The first-order valence-corrected chi connectivity index (χ1v) is 10.1. The third-order valence-corrected chi connectivity index (χ3v) is 6.32. The Kier molecular flexibility index (Phi) is 5.76. The molecule has 1 aliphatic heterocycles. The van der Waals surface area contributed by atoms with E-state index in [2.05, 4.69) is 10.1 Å². The van der Waals surface area contributed by atoms with Crippen LogP contribution in [0.4, 0.5) is 0 Å². The summed E-state index contributed by atoms with van der Waals surface area (Å²) in [5.41, 5.74) is 0. The molecule has 1 aromatic heterocycles. The Balaban J connectivity index is 1.54. The standard InChI is InChI=1S/C17H22N4O5S/c1-13-18-16(26-19-13)7-8-17(22)20-9-11-21(12-10-20)27(23,24)15-5-3-14(25-2)4-6-15/h3-6H,7-12H2,1-2H3. The van der Waals surface area contributed by atoms with Crippen LogP contribution in [0.15, 0.2) is 33.7 Å². The number of ether oxygens (including phenoxy) is 1. The number of hydrogen-bond donors (Lipinski definition) is 0. The van der Waals surface area contributed by atoms with E-state index in [0.29, 0.717) is 37.0 Å². The van der Waals surface area contributed by atoms with Crippen LogP contribution in [-0.4, -0.2) is 67.0 Å². The van der Waals surface area contributed by atoms with Gasteiger partial charge in [-0.25, -0.2) is 8.42 Å². The molecule has 0 radical (unpaired) electrons. The van der Waals surface area contributed by atoms with Crippen LogP contribution in [0.3, 0.4) is 0 Å². The number of sulfonamides is 1. The van der Waals surface area contributed by atoms with E-state index in [9.17, 15) is 13.2 Å². The third-order valence-electron chi connectivity index (χ3n) is 4.41. The van der Waals surface area contributed by atoms with Crippen LogP contribution >= 0.6 is 0 Å². The van der Waals surface area contributed by atoms with Gasteiger partial charge in [0.05, 0.1) is 12.0 Å². The topological polar surface area (TPSA) is 106 Å². The highest BCUT2D eigenvalue weighted by molar-refractivity contribution is 7.89. The molecule has 146 valence electrons. The van der Waals surface area contributed by atoms with Crippen molar-refractivity contribution in [2.75, 3.05) is 33.3 Å². The number of methoxy groups -OCH3 is 1. The molecule has 0 spiro atoms. The summed E-state index contributed by atoms with van der Waals surface area (Å²) < 4.78 is 36.9. The highest BCUT2D eigenvalue weighted by Gasteiger charge is 2.30. The molecule has 10 heteroatoms. The van der Waals surface area contributed by atoms with Crippen molar-refractivity contribution in [3.05, 3.63) is 36.0 Å². The first-order valence-electron chi connectivity index (χ1n) is 8.61. The lowest BCUT2D eigenvalue weighted by molar-refractivity contribution is -0.132. The van der Waals surface area contributed by atoms with Crippen LogP contribution < -0.4 is 4.74 Å². The Hall–Kier alpha value is -2.46. The summed E-state index contributed by atoms with van der Waals surface area (Å²) in [5, 5.41) is 3.69. The van der Waals surface area contributed by atoms with Crippen LogP contribution in [-0.2, 0) is 21.2 Å². The van der Waals surface area contributed by atoms with Gasteiger partial charge in [0.2, 0.25) is 21.8 Å². The predicted molar refractivity (Wildman–Crippen MR) is 95.7 cm³/mol. The minimum absolute atomic E-state index is 0.0488. The van der Waals surface area contributed by atoms with Gasteiger partial charge < -0.3 is 14.2 Å². The fourth-order valence-electron chi connectivity index (χ4n) is 2.89. The number of aromatic nitrogens is 2. The maximum absolute atomic E-state index is 12.7. The Morgan fingerprint density at radius 2 is 1.85 bits per heavy atom. The second-order valence-corrected chi connectivity index (χ2v) is 8.13. The number of aryl methyl sites for hydroxylation is 2. The molecule has 3 rings (SSSR count). The molecule has 27 heavy (non-hydrogen) atoms. The zero-order valence-electron chi connectivity index (χ0n) is 15.3. The van der Waals surface area contributed by atoms with Crippen LogP contribution in [0.5, 0.6) is 5.75 Å². The van der Waals surface area contributed by atoms with Crippen LogP contribution in [0, 0.1) is 6.92 Å². The minimum Gasteiger partial charge on any atom is -0.497 e. The molecular formula is C17H22N4O5S. The maximum atomic E-state index is 12.7. The average Bonchev–Trinajstić information content (AvgIpc) is 3.11. The zero-order chi connectivity index (χ0) is 19.4. The van der Waals surface area contributed by atoms with Gasteiger partial charge in [-0.1, -0.05) is 5.16 Å². The fraction of sp³-hybridized carbons (Fsp3) is 0.471. The van der Waals surface area contributed by atoms with Crippen molar-refractivity contribution < 1.29 is 22.5 Å². The van der Waals surface area contributed by atoms with E-state index < -0.39 is 10.0 Å². The van der Waals surface area contributed by atoms with E-state index in [1.807, 2.05) is 0 Å². The minimum atomic E-state index is -3.58. The van der Waals surface area contributed by atoms with E-state index in [0.717, 1.165) is 0 Å². The normalized spacial score (nSPS) is 15.7. The number of carbonyl (C=O) groups excluding carboxylic acids is 1. The molecule has 0 N–H and O–H groups in total. The smallest absolute Gasteiger partial charge is 0.243 e. The first kappa shape index (κ1) is 19.3.